The maximum absolute atomic E-state index is 12.6. The Balaban J connectivity index is 1.61. The van der Waals surface area contributed by atoms with Crippen molar-refractivity contribution in [1.29, 1.82) is 0 Å². The number of aromatic nitrogens is 1. The van der Waals surface area contributed by atoms with Gasteiger partial charge in [0.25, 0.3) is 0 Å². The fourth-order valence-electron chi connectivity index (χ4n) is 2.52. The summed E-state index contributed by atoms with van der Waals surface area (Å²) in [5.41, 5.74) is 0.653. The minimum Gasteiger partial charge on any atom is -0.350 e. The van der Waals surface area contributed by atoms with Crippen LogP contribution in [0.15, 0.2) is 29.6 Å². The fourth-order valence-corrected chi connectivity index (χ4v) is 3.35. The molecule has 1 unspecified atom stereocenters. The molecular formula is C16H16F3N3OS. The number of amides is 1. The molecule has 1 saturated heterocycles. The van der Waals surface area contributed by atoms with Gasteiger partial charge in [-0.3, -0.25) is 4.79 Å². The number of nitrogens with one attached hydrogen (secondary N) is 2. The third kappa shape index (κ3) is 3.93. The first-order valence-electron chi connectivity index (χ1n) is 7.54. The zero-order valence-corrected chi connectivity index (χ0v) is 13.5. The molecule has 1 aliphatic heterocycles. The Kier molecular flexibility index (Phi) is 4.86. The van der Waals surface area contributed by atoms with E-state index >= 15 is 0 Å². The van der Waals surface area contributed by atoms with Gasteiger partial charge in [0.1, 0.15) is 5.01 Å². The standard InChI is InChI=1S/C16H16F3N3OS/c17-16(18,19)12-3-1-10(2-4-12)15-22-13(9-24-15)8-21-14(23)11-5-6-20-7-11/h1-4,9,11,20H,5-8H2,(H,21,23). The third-order valence-corrected chi connectivity index (χ3v) is 4.83. The number of hydrogen-bond donors (Lipinski definition) is 2. The van der Waals surface area contributed by atoms with Crippen LogP contribution in [0.5, 0.6) is 0 Å². The molecule has 8 heteroatoms. The molecular weight excluding hydrogens is 339 g/mol. The number of thiazole rings is 1. The first kappa shape index (κ1) is 16.9. The summed E-state index contributed by atoms with van der Waals surface area (Å²) in [5.74, 6) is 0.00194. The predicted molar refractivity (Wildman–Crippen MR) is 85.4 cm³/mol. The number of carbonyl (C=O) groups excluding carboxylic acids is 1. The Morgan fingerprint density at radius 2 is 2.08 bits per heavy atom. The summed E-state index contributed by atoms with van der Waals surface area (Å²) in [4.78, 5) is 16.3. The van der Waals surface area contributed by atoms with E-state index < -0.39 is 11.7 Å². The van der Waals surface area contributed by atoms with Crippen LogP contribution in [-0.4, -0.2) is 24.0 Å². The summed E-state index contributed by atoms with van der Waals surface area (Å²) in [6.07, 6.45) is -3.51. The number of carbonyl (C=O) groups is 1. The second kappa shape index (κ2) is 6.90. The van der Waals surface area contributed by atoms with Crippen LogP contribution >= 0.6 is 11.3 Å². The van der Waals surface area contributed by atoms with Crippen molar-refractivity contribution in [1.82, 2.24) is 15.6 Å². The average molecular weight is 355 g/mol. The Labute approximate surface area is 141 Å². The number of benzene rings is 1. The first-order valence-corrected chi connectivity index (χ1v) is 8.42. The molecule has 0 aliphatic carbocycles. The molecule has 24 heavy (non-hydrogen) atoms. The third-order valence-electron chi connectivity index (χ3n) is 3.89. The number of halogens is 3. The van der Waals surface area contributed by atoms with Crippen LogP contribution in [-0.2, 0) is 17.5 Å². The van der Waals surface area contributed by atoms with Crippen molar-refractivity contribution in [2.75, 3.05) is 13.1 Å². The van der Waals surface area contributed by atoms with Crippen molar-refractivity contribution in [3.05, 3.63) is 40.9 Å². The van der Waals surface area contributed by atoms with Crippen molar-refractivity contribution in [3.63, 3.8) is 0 Å². The van der Waals surface area contributed by atoms with Gasteiger partial charge in [-0.1, -0.05) is 12.1 Å². The van der Waals surface area contributed by atoms with E-state index in [4.69, 9.17) is 0 Å². The Morgan fingerprint density at radius 3 is 2.71 bits per heavy atom. The highest BCUT2D eigenvalue weighted by Gasteiger charge is 2.30. The molecule has 0 saturated carbocycles. The summed E-state index contributed by atoms with van der Waals surface area (Å²) < 4.78 is 37.7. The van der Waals surface area contributed by atoms with Gasteiger partial charge in [0.2, 0.25) is 5.91 Å². The van der Waals surface area contributed by atoms with Crippen molar-refractivity contribution in [3.8, 4) is 10.6 Å². The SMILES string of the molecule is O=C(NCc1csc(-c2ccc(C(F)(F)F)cc2)n1)C1CCNC1. The van der Waals surface area contributed by atoms with E-state index in [9.17, 15) is 18.0 Å². The van der Waals surface area contributed by atoms with Crippen molar-refractivity contribution in [2.45, 2.75) is 19.1 Å². The number of hydrogen-bond acceptors (Lipinski definition) is 4. The highest BCUT2D eigenvalue weighted by Crippen LogP contribution is 2.31. The zero-order valence-electron chi connectivity index (χ0n) is 12.7. The number of rotatable bonds is 4. The highest BCUT2D eigenvalue weighted by atomic mass is 32.1. The first-order chi connectivity index (χ1) is 11.4. The van der Waals surface area contributed by atoms with E-state index in [-0.39, 0.29) is 11.8 Å². The van der Waals surface area contributed by atoms with Crippen LogP contribution in [0.2, 0.25) is 0 Å². The summed E-state index contributed by atoms with van der Waals surface area (Å²) in [5, 5.41) is 8.43. The average Bonchev–Trinajstić information content (AvgIpc) is 3.23. The van der Waals surface area contributed by atoms with Gasteiger partial charge < -0.3 is 10.6 Å². The lowest BCUT2D eigenvalue weighted by Gasteiger charge is -2.08. The molecule has 1 atom stereocenters. The van der Waals surface area contributed by atoms with Gasteiger partial charge in [-0.05, 0) is 25.1 Å². The van der Waals surface area contributed by atoms with Gasteiger partial charge >= 0.3 is 6.18 Å². The van der Waals surface area contributed by atoms with Crippen LogP contribution in [0.4, 0.5) is 13.2 Å². The molecule has 1 aliphatic rings. The van der Waals surface area contributed by atoms with Gasteiger partial charge in [-0.25, -0.2) is 4.98 Å². The largest absolute Gasteiger partial charge is 0.416 e. The number of nitrogens with zero attached hydrogens (tertiary/aromatic N) is 1. The molecule has 2 heterocycles. The Hall–Kier alpha value is -1.93. The molecule has 4 nitrogen and oxygen atoms in total. The zero-order chi connectivity index (χ0) is 17.2. The van der Waals surface area contributed by atoms with Crippen molar-refractivity contribution in [2.24, 2.45) is 5.92 Å². The van der Waals surface area contributed by atoms with Crippen molar-refractivity contribution >= 4 is 17.2 Å². The molecule has 1 aromatic carbocycles. The molecule has 0 spiro atoms. The normalized spacial score (nSPS) is 17.9. The second-order valence-corrected chi connectivity index (χ2v) is 6.48. The lowest BCUT2D eigenvalue weighted by atomic mass is 10.1. The topological polar surface area (TPSA) is 54.0 Å². The van der Waals surface area contributed by atoms with E-state index in [1.165, 1.54) is 23.5 Å². The Bertz CT molecular complexity index is 706. The quantitative estimate of drug-likeness (QED) is 0.886. The molecule has 2 N–H and O–H groups in total. The van der Waals surface area contributed by atoms with Crippen LogP contribution in [0.1, 0.15) is 17.7 Å². The molecule has 1 fully saturated rings. The van der Waals surface area contributed by atoms with Crippen LogP contribution in [0.25, 0.3) is 10.6 Å². The van der Waals surface area contributed by atoms with Gasteiger partial charge in [-0.15, -0.1) is 11.3 Å². The van der Waals surface area contributed by atoms with Gasteiger partial charge in [0.05, 0.1) is 23.7 Å². The van der Waals surface area contributed by atoms with Crippen LogP contribution in [0, 0.1) is 5.92 Å². The molecule has 0 bridgehead atoms. The maximum atomic E-state index is 12.6. The second-order valence-electron chi connectivity index (χ2n) is 5.63. The minimum absolute atomic E-state index is 0.00183. The summed E-state index contributed by atoms with van der Waals surface area (Å²) in [6.45, 7) is 1.87. The molecule has 0 radical (unpaired) electrons. The smallest absolute Gasteiger partial charge is 0.350 e. The molecule has 2 aromatic rings. The Morgan fingerprint density at radius 1 is 1.33 bits per heavy atom. The van der Waals surface area contributed by atoms with Gasteiger partial charge in [0, 0.05) is 17.5 Å². The lowest BCUT2D eigenvalue weighted by Crippen LogP contribution is -2.31. The van der Waals surface area contributed by atoms with E-state index in [0.29, 0.717) is 29.4 Å². The van der Waals surface area contributed by atoms with E-state index in [2.05, 4.69) is 15.6 Å². The van der Waals surface area contributed by atoms with E-state index in [0.717, 1.165) is 25.1 Å². The van der Waals surface area contributed by atoms with E-state index in [1.807, 2.05) is 0 Å². The number of alkyl halides is 3. The molecule has 128 valence electrons. The highest BCUT2D eigenvalue weighted by molar-refractivity contribution is 7.13. The maximum Gasteiger partial charge on any atom is 0.416 e. The van der Waals surface area contributed by atoms with E-state index in [1.54, 1.807) is 5.38 Å². The van der Waals surface area contributed by atoms with Crippen molar-refractivity contribution < 1.29 is 18.0 Å². The molecule has 1 amide bonds. The van der Waals surface area contributed by atoms with Gasteiger partial charge in [-0.2, -0.15) is 13.2 Å². The van der Waals surface area contributed by atoms with Crippen LogP contribution < -0.4 is 10.6 Å². The minimum atomic E-state index is -4.34. The monoisotopic (exact) mass is 355 g/mol. The molecule has 1 aromatic heterocycles. The summed E-state index contributed by atoms with van der Waals surface area (Å²) in [6, 6.07) is 4.92. The predicted octanol–water partition coefficient (Wildman–Crippen LogP) is 3.05. The lowest BCUT2D eigenvalue weighted by molar-refractivity contribution is -0.137. The fraction of sp³-hybridized carbons (Fsp3) is 0.375. The summed E-state index contributed by atoms with van der Waals surface area (Å²) in [7, 11) is 0. The molecule has 3 rings (SSSR count). The van der Waals surface area contributed by atoms with Gasteiger partial charge in [0.15, 0.2) is 0 Å². The summed E-state index contributed by atoms with van der Waals surface area (Å²) >= 11 is 1.34. The van der Waals surface area contributed by atoms with Crippen LogP contribution in [0.3, 0.4) is 0 Å².